The summed E-state index contributed by atoms with van der Waals surface area (Å²) < 4.78 is 0. The second-order valence-electron chi connectivity index (χ2n) is 4.90. The molecule has 1 amide bonds. The van der Waals surface area contributed by atoms with Crippen LogP contribution in [0.1, 0.15) is 44.0 Å². The van der Waals surface area contributed by atoms with E-state index in [-0.39, 0.29) is 11.9 Å². The molecule has 0 aliphatic rings. The van der Waals surface area contributed by atoms with Crippen molar-refractivity contribution in [3.63, 3.8) is 0 Å². The normalized spacial score (nSPS) is 14.0. The minimum Gasteiger partial charge on any atom is -0.399 e. The molecule has 100 valence electrons. The molecule has 0 radical (unpaired) electrons. The van der Waals surface area contributed by atoms with E-state index in [1.54, 1.807) is 18.2 Å². The van der Waals surface area contributed by atoms with Gasteiger partial charge in [0.15, 0.2) is 0 Å². The average Bonchev–Trinajstić information content (AvgIpc) is 2.27. The number of nitrogens with one attached hydrogen (secondary N) is 1. The Morgan fingerprint density at radius 1 is 1.39 bits per heavy atom. The van der Waals surface area contributed by atoms with Crippen LogP contribution in [0.2, 0.25) is 5.02 Å². The van der Waals surface area contributed by atoms with Crippen LogP contribution in [0.5, 0.6) is 0 Å². The summed E-state index contributed by atoms with van der Waals surface area (Å²) in [5.74, 6) is 0.477. The number of nitrogen functional groups attached to an aromatic ring is 1. The van der Waals surface area contributed by atoms with E-state index in [9.17, 15) is 4.79 Å². The fourth-order valence-electron chi connectivity index (χ4n) is 1.88. The van der Waals surface area contributed by atoms with Gasteiger partial charge in [0.2, 0.25) is 0 Å². The Kier molecular flexibility index (Phi) is 5.48. The molecule has 0 fully saturated rings. The number of hydrogen-bond acceptors (Lipinski definition) is 2. The predicted octanol–water partition coefficient (Wildman–Crippen LogP) is 3.48. The highest BCUT2D eigenvalue weighted by Gasteiger charge is 2.12. The van der Waals surface area contributed by atoms with Gasteiger partial charge in [-0.25, -0.2) is 0 Å². The standard InChI is InChI=1S/C14H21ClN2O/c1-4-9(2)5-10(3)17-14(18)11-6-12(15)8-13(16)7-11/h6-10H,4-5,16H2,1-3H3,(H,17,18). The van der Waals surface area contributed by atoms with Gasteiger partial charge < -0.3 is 11.1 Å². The molecule has 0 saturated carbocycles. The second-order valence-corrected chi connectivity index (χ2v) is 5.33. The van der Waals surface area contributed by atoms with E-state index < -0.39 is 0 Å². The van der Waals surface area contributed by atoms with E-state index in [1.165, 1.54) is 0 Å². The lowest BCUT2D eigenvalue weighted by Gasteiger charge is -2.17. The van der Waals surface area contributed by atoms with Gasteiger partial charge in [-0.05, 0) is 37.5 Å². The lowest BCUT2D eigenvalue weighted by molar-refractivity contribution is 0.0935. The van der Waals surface area contributed by atoms with Gasteiger partial charge in [-0.1, -0.05) is 31.9 Å². The van der Waals surface area contributed by atoms with Crippen molar-refractivity contribution in [3.05, 3.63) is 28.8 Å². The van der Waals surface area contributed by atoms with Crippen LogP contribution in [0.3, 0.4) is 0 Å². The van der Waals surface area contributed by atoms with E-state index in [4.69, 9.17) is 17.3 Å². The first-order valence-corrected chi connectivity index (χ1v) is 6.67. The highest BCUT2D eigenvalue weighted by atomic mass is 35.5. The molecule has 1 aromatic rings. The number of hydrogen-bond donors (Lipinski definition) is 2. The quantitative estimate of drug-likeness (QED) is 0.804. The van der Waals surface area contributed by atoms with E-state index >= 15 is 0 Å². The number of benzene rings is 1. The average molecular weight is 269 g/mol. The molecule has 1 rings (SSSR count). The zero-order valence-electron chi connectivity index (χ0n) is 11.2. The number of carbonyl (C=O) groups is 1. The summed E-state index contributed by atoms with van der Waals surface area (Å²) in [6.45, 7) is 6.34. The van der Waals surface area contributed by atoms with Crippen LogP contribution in [-0.4, -0.2) is 11.9 Å². The van der Waals surface area contributed by atoms with Crippen molar-refractivity contribution in [2.45, 2.75) is 39.7 Å². The maximum absolute atomic E-state index is 12.0. The number of anilines is 1. The summed E-state index contributed by atoms with van der Waals surface area (Å²) in [5, 5.41) is 3.44. The molecule has 0 aliphatic heterocycles. The summed E-state index contributed by atoms with van der Waals surface area (Å²) in [4.78, 5) is 12.0. The van der Waals surface area contributed by atoms with E-state index in [2.05, 4.69) is 19.2 Å². The van der Waals surface area contributed by atoms with Crippen LogP contribution >= 0.6 is 11.6 Å². The van der Waals surface area contributed by atoms with E-state index in [0.29, 0.717) is 22.2 Å². The molecule has 0 saturated heterocycles. The first-order chi connectivity index (χ1) is 8.42. The summed E-state index contributed by atoms with van der Waals surface area (Å²) in [5.41, 5.74) is 6.68. The van der Waals surface area contributed by atoms with Gasteiger partial charge >= 0.3 is 0 Å². The Morgan fingerprint density at radius 2 is 2.06 bits per heavy atom. The van der Waals surface area contributed by atoms with Gasteiger partial charge in [-0.15, -0.1) is 0 Å². The number of rotatable bonds is 5. The Balaban J connectivity index is 2.64. The van der Waals surface area contributed by atoms with Gasteiger partial charge in [0.05, 0.1) is 0 Å². The van der Waals surface area contributed by atoms with Gasteiger partial charge in [-0.2, -0.15) is 0 Å². The van der Waals surface area contributed by atoms with E-state index in [1.807, 2.05) is 6.92 Å². The van der Waals surface area contributed by atoms with Gasteiger partial charge in [0, 0.05) is 22.3 Å². The molecule has 0 spiro atoms. The molecule has 2 unspecified atom stereocenters. The van der Waals surface area contributed by atoms with Crippen LogP contribution in [0.4, 0.5) is 5.69 Å². The summed E-state index contributed by atoms with van der Waals surface area (Å²) in [7, 11) is 0. The lowest BCUT2D eigenvalue weighted by atomic mass is 10.00. The highest BCUT2D eigenvalue weighted by molar-refractivity contribution is 6.31. The summed E-state index contributed by atoms with van der Waals surface area (Å²) >= 11 is 5.88. The maximum atomic E-state index is 12.0. The molecule has 0 aromatic heterocycles. The lowest BCUT2D eigenvalue weighted by Crippen LogP contribution is -2.33. The third-order valence-corrected chi connectivity index (χ3v) is 3.23. The predicted molar refractivity (Wildman–Crippen MR) is 76.9 cm³/mol. The summed E-state index contributed by atoms with van der Waals surface area (Å²) in [6.07, 6.45) is 2.09. The van der Waals surface area contributed by atoms with Crippen molar-refractivity contribution in [2.24, 2.45) is 5.92 Å². The first kappa shape index (κ1) is 14.8. The molecule has 18 heavy (non-hydrogen) atoms. The van der Waals surface area contributed by atoms with Crippen molar-refractivity contribution in [1.29, 1.82) is 0 Å². The molecule has 1 aromatic carbocycles. The molecule has 0 heterocycles. The smallest absolute Gasteiger partial charge is 0.251 e. The number of nitrogens with two attached hydrogens (primary N) is 1. The minimum absolute atomic E-state index is 0.125. The largest absolute Gasteiger partial charge is 0.399 e. The fourth-order valence-corrected chi connectivity index (χ4v) is 2.12. The van der Waals surface area contributed by atoms with Crippen molar-refractivity contribution >= 4 is 23.2 Å². The molecule has 0 aliphatic carbocycles. The van der Waals surface area contributed by atoms with Crippen molar-refractivity contribution in [2.75, 3.05) is 5.73 Å². The van der Waals surface area contributed by atoms with Crippen molar-refractivity contribution in [1.82, 2.24) is 5.32 Å². The molecule has 4 heteroatoms. The van der Waals surface area contributed by atoms with Gasteiger partial charge in [-0.3, -0.25) is 4.79 Å². The van der Waals surface area contributed by atoms with Crippen LogP contribution in [-0.2, 0) is 0 Å². The highest BCUT2D eigenvalue weighted by Crippen LogP contribution is 2.17. The Bertz CT molecular complexity index is 400. The topological polar surface area (TPSA) is 55.1 Å². The zero-order chi connectivity index (χ0) is 13.7. The third kappa shape index (κ3) is 4.57. The van der Waals surface area contributed by atoms with Crippen LogP contribution < -0.4 is 11.1 Å². The second kappa shape index (κ2) is 6.64. The molecule has 3 N–H and O–H groups in total. The van der Waals surface area contributed by atoms with Crippen molar-refractivity contribution < 1.29 is 4.79 Å². The Hall–Kier alpha value is -1.22. The number of halogens is 1. The number of amides is 1. The maximum Gasteiger partial charge on any atom is 0.251 e. The Morgan fingerprint density at radius 3 is 2.61 bits per heavy atom. The Labute approximate surface area is 114 Å². The van der Waals surface area contributed by atoms with Gasteiger partial charge in [0.25, 0.3) is 5.91 Å². The monoisotopic (exact) mass is 268 g/mol. The van der Waals surface area contributed by atoms with Gasteiger partial charge in [0.1, 0.15) is 0 Å². The SMILES string of the molecule is CCC(C)CC(C)NC(=O)c1cc(N)cc(Cl)c1. The van der Waals surface area contributed by atoms with E-state index in [0.717, 1.165) is 12.8 Å². The third-order valence-electron chi connectivity index (χ3n) is 3.01. The van der Waals surface area contributed by atoms with Crippen LogP contribution in [0.25, 0.3) is 0 Å². The zero-order valence-corrected chi connectivity index (χ0v) is 11.9. The first-order valence-electron chi connectivity index (χ1n) is 6.29. The summed E-state index contributed by atoms with van der Waals surface area (Å²) in [6, 6.07) is 5.04. The molecular formula is C14H21ClN2O. The minimum atomic E-state index is -0.125. The molecule has 3 nitrogen and oxygen atoms in total. The molecule has 2 atom stereocenters. The number of carbonyl (C=O) groups excluding carboxylic acids is 1. The molecular weight excluding hydrogens is 248 g/mol. The van der Waals surface area contributed by atoms with Crippen LogP contribution in [0.15, 0.2) is 18.2 Å². The molecule has 0 bridgehead atoms. The fraction of sp³-hybridized carbons (Fsp3) is 0.500. The van der Waals surface area contributed by atoms with Crippen molar-refractivity contribution in [3.8, 4) is 0 Å². The van der Waals surface area contributed by atoms with Crippen LogP contribution in [0, 0.1) is 5.92 Å².